The second-order valence-electron chi connectivity index (χ2n) is 2.65. The Labute approximate surface area is 69.4 Å². The minimum atomic E-state index is -0.631. The smallest absolute Gasteiger partial charge is 0.441 e. The highest BCUT2D eigenvalue weighted by atomic mass is 16.5. The highest BCUT2D eigenvalue weighted by Gasteiger charge is 2.22. The first-order chi connectivity index (χ1) is 5.77. The number of nitrogens with one attached hydrogen (secondary N) is 1. The van der Waals surface area contributed by atoms with Crippen LogP contribution in [0.1, 0.15) is 5.56 Å². The first-order valence-corrected chi connectivity index (χ1v) is 3.64. The van der Waals surface area contributed by atoms with E-state index in [1.54, 1.807) is 12.1 Å². The average molecular weight is 163 g/mol. The lowest BCUT2D eigenvalue weighted by Gasteiger charge is -2.24. The van der Waals surface area contributed by atoms with Crippen molar-refractivity contribution < 1.29 is 9.86 Å². The van der Waals surface area contributed by atoms with Gasteiger partial charge in [-0.2, -0.15) is 5.32 Å². The monoisotopic (exact) mass is 163 g/mol. The third-order valence-corrected chi connectivity index (χ3v) is 1.80. The van der Waals surface area contributed by atoms with Crippen molar-refractivity contribution in [2.24, 2.45) is 0 Å². The molecule has 1 N–H and O–H groups in total. The first kappa shape index (κ1) is 7.27. The summed E-state index contributed by atoms with van der Waals surface area (Å²) in [5.41, 5.74) is 1.46. The van der Waals surface area contributed by atoms with Gasteiger partial charge in [0.1, 0.15) is 6.54 Å². The molecular formula is C8H7N2O2. The summed E-state index contributed by atoms with van der Waals surface area (Å²) in [4.78, 5) is 10.8. The highest BCUT2D eigenvalue weighted by molar-refractivity contribution is 5.74. The topological polar surface area (TPSA) is 58.7 Å². The summed E-state index contributed by atoms with van der Waals surface area (Å²) in [6.45, 7) is 0.193. The molecule has 4 heteroatoms. The van der Waals surface area contributed by atoms with Gasteiger partial charge in [0.05, 0.1) is 5.69 Å². The number of amides is 2. The summed E-state index contributed by atoms with van der Waals surface area (Å²) in [7, 11) is 0. The Morgan fingerprint density at radius 3 is 3.00 bits per heavy atom. The number of carbonyl (C=O) groups is 1. The molecule has 0 saturated carbocycles. The van der Waals surface area contributed by atoms with Crippen molar-refractivity contribution in [2.75, 3.05) is 0 Å². The molecule has 2 amide bonds. The fourth-order valence-corrected chi connectivity index (χ4v) is 1.19. The summed E-state index contributed by atoms with van der Waals surface area (Å²) in [5.74, 6) is 0. The van der Waals surface area contributed by atoms with Gasteiger partial charge >= 0.3 is 6.03 Å². The lowest BCUT2D eigenvalue weighted by molar-refractivity contribution is -0.776. The van der Waals surface area contributed by atoms with Gasteiger partial charge < -0.3 is 5.21 Å². The molecule has 0 aliphatic carbocycles. The van der Waals surface area contributed by atoms with E-state index in [-0.39, 0.29) is 6.54 Å². The van der Waals surface area contributed by atoms with Crippen LogP contribution in [0.3, 0.4) is 0 Å². The van der Waals surface area contributed by atoms with Gasteiger partial charge in [-0.3, -0.25) is 5.06 Å². The second kappa shape index (κ2) is 2.58. The lowest BCUT2D eigenvalue weighted by atomic mass is 10.1. The van der Waals surface area contributed by atoms with E-state index in [2.05, 4.69) is 5.32 Å². The summed E-state index contributed by atoms with van der Waals surface area (Å²) < 4.78 is 0. The zero-order chi connectivity index (χ0) is 8.55. The number of hydroxylamine groups is 2. The van der Waals surface area contributed by atoms with Gasteiger partial charge in [0.25, 0.3) is 0 Å². The molecule has 0 saturated heterocycles. The average Bonchev–Trinajstić information content (AvgIpc) is 2.07. The molecule has 0 bridgehead atoms. The van der Waals surface area contributed by atoms with Crippen molar-refractivity contribution in [2.45, 2.75) is 6.54 Å². The standard InChI is InChI=1S/C8H7N2O2/c11-8-9-7-4-2-1-3-6(7)5-10(8)12/h1-4,10H,5H2. The van der Waals surface area contributed by atoms with Crippen LogP contribution in [0.5, 0.6) is 0 Å². The largest absolute Gasteiger partial charge is 0.625 e. The lowest BCUT2D eigenvalue weighted by Crippen LogP contribution is -3.10. The van der Waals surface area contributed by atoms with E-state index in [0.29, 0.717) is 5.69 Å². The van der Waals surface area contributed by atoms with Crippen LogP contribution in [0.15, 0.2) is 24.3 Å². The fourth-order valence-electron chi connectivity index (χ4n) is 1.19. The number of urea groups is 1. The van der Waals surface area contributed by atoms with Gasteiger partial charge in [-0.15, -0.1) is 0 Å². The van der Waals surface area contributed by atoms with Crippen molar-refractivity contribution >= 4 is 11.7 Å². The maximum absolute atomic E-state index is 10.9. The van der Waals surface area contributed by atoms with E-state index in [1.165, 1.54) is 0 Å². The highest BCUT2D eigenvalue weighted by Crippen LogP contribution is 2.15. The zero-order valence-electron chi connectivity index (χ0n) is 6.28. The van der Waals surface area contributed by atoms with Crippen LogP contribution >= 0.6 is 0 Å². The normalized spacial score (nSPS) is 21.4. The summed E-state index contributed by atoms with van der Waals surface area (Å²) in [6.07, 6.45) is 0. The van der Waals surface area contributed by atoms with Crippen molar-refractivity contribution in [3.05, 3.63) is 35.0 Å². The molecule has 0 spiro atoms. The Morgan fingerprint density at radius 2 is 2.17 bits per heavy atom. The summed E-state index contributed by atoms with van der Waals surface area (Å²) in [5, 5.41) is 14.1. The first-order valence-electron chi connectivity index (χ1n) is 3.64. The molecule has 1 aromatic rings. The Bertz CT molecular complexity index is 325. The third-order valence-electron chi connectivity index (χ3n) is 1.80. The van der Waals surface area contributed by atoms with E-state index in [4.69, 9.17) is 0 Å². The van der Waals surface area contributed by atoms with Crippen LogP contribution in [0.4, 0.5) is 10.5 Å². The number of hydrogen-bond donors (Lipinski definition) is 1. The number of nitrogens with zero attached hydrogens (tertiary/aromatic N) is 1. The molecule has 1 atom stereocenters. The van der Waals surface area contributed by atoms with Crippen molar-refractivity contribution in [1.82, 2.24) is 5.32 Å². The van der Waals surface area contributed by atoms with E-state index >= 15 is 0 Å². The number of para-hydroxylation sites is 1. The maximum atomic E-state index is 10.9. The number of quaternary nitrogens is 1. The Balaban J connectivity index is 2.40. The minimum absolute atomic E-state index is 0.193. The quantitative estimate of drug-likeness (QED) is 0.544. The molecule has 0 fully saturated rings. The number of fused-ring (bicyclic) bond motifs is 1. The van der Waals surface area contributed by atoms with E-state index in [1.807, 2.05) is 12.1 Å². The predicted molar refractivity (Wildman–Crippen MR) is 41.7 cm³/mol. The van der Waals surface area contributed by atoms with Crippen molar-refractivity contribution in [1.29, 1.82) is 0 Å². The number of carbonyl (C=O) groups excluding carboxylic acids is 1. The van der Waals surface area contributed by atoms with Crippen LogP contribution in [-0.4, -0.2) is 6.03 Å². The van der Waals surface area contributed by atoms with E-state index < -0.39 is 11.1 Å². The van der Waals surface area contributed by atoms with Crippen LogP contribution in [0.25, 0.3) is 0 Å². The molecule has 4 nitrogen and oxygen atoms in total. The molecule has 0 aromatic heterocycles. The van der Waals surface area contributed by atoms with Crippen LogP contribution in [0, 0.1) is 5.21 Å². The second-order valence-corrected chi connectivity index (χ2v) is 2.65. The van der Waals surface area contributed by atoms with Gasteiger partial charge in [0, 0.05) is 5.56 Å². The molecule has 1 aliphatic heterocycles. The van der Waals surface area contributed by atoms with Gasteiger partial charge in [0.2, 0.25) is 0 Å². The fraction of sp³-hybridized carbons (Fsp3) is 0.125. The third kappa shape index (κ3) is 1.07. The molecule has 12 heavy (non-hydrogen) atoms. The van der Waals surface area contributed by atoms with Crippen molar-refractivity contribution in [3.8, 4) is 0 Å². The SMILES string of the molecule is O=C1[N]c2ccccc2C[NH+]1[O-]. The zero-order valence-corrected chi connectivity index (χ0v) is 6.28. The molecule has 1 unspecified atom stereocenters. The minimum Gasteiger partial charge on any atom is -0.625 e. The van der Waals surface area contributed by atoms with E-state index in [9.17, 15) is 10.0 Å². The Kier molecular flexibility index (Phi) is 1.56. The Morgan fingerprint density at radius 1 is 1.42 bits per heavy atom. The summed E-state index contributed by atoms with van der Waals surface area (Å²) in [6, 6.07) is 6.54. The summed E-state index contributed by atoms with van der Waals surface area (Å²) >= 11 is 0. The number of benzene rings is 1. The number of hydrogen-bond acceptors (Lipinski definition) is 2. The molecule has 61 valence electrons. The number of rotatable bonds is 0. The molecule has 2 rings (SSSR count). The molecule has 1 heterocycles. The molecule has 1 aromatic carbocycles. The predicted octanol–water partition coefficient (Wildman–Crippen LogP) is -0.0612. The van der Waals surface area contributed by atoms with Gasteiger partial charge in [-0.05, 0) is 6.07 Å². The van der Waals surface area contributed by atoms with Crippen molar-refractivity contribution in [3.63, 3.8) is 0 Å². The van der Waals surface area contributed by atoms with Gasteiger partial charge in [-0.1, -0.05) is 18.2 Å². The molecular weight excluding hydrogens is 156 g/mol. The van der Waals surface area contributed by atoms with Gasteiger partial charge in [0.15, 0.2) is 0 Å². The maximum Gasteiger partial charge on any atom is 0.441 e. The molecule has 1 radical (unpaired) electrons. The molecule has 1 aliphatic rings. The van der Waals surface area contributed by atoms with Crippen LogP contribution < -0.4 is 10.4 Å². The van der Waals surface area contributed by atoms with Crippen LogP contribution in [0.2, 0.25) is 0 Å². The van der Waals surface area contributed by atoms with Gasteiger partial charge in [-0.25, -0.2) is 4.79 Å². The van der Waals surface area contributed by atoms with E-state index in [0.717, 1.165) is 5.56 Å². The van der Waals surface area contributed by atoms with Crippen LogP contribution in [-0.2, 0) is 6.54 Å². The Hall–Kier alpha value is -1.39.